The predicted molar refractivity (Wildman–Crippen MR) is 81.3 cm³/mol. The van der Waals surface area contributed by atoms with E-state index in [1.54, 1.807) is 6.92 Å². The van der Waals surface area contributed by atoms with Crippen LogP contribution in [-0.2, 0) is 21.7 Å². The van der Waals surface area contributed by atoms with E-state index >= 15 is 0 Å². The van der Waals surface area contributed by atoms with Crippen LogP contribution in [0.5, 0.6) is 0 Å². The Morgan fingerprint density at radius 2 is 1.62 bits per heavy atom. The third-order valence-corrected chi connectivity index (χ3v) is 3.53. The molecule has 1 unspecified atom stereocenters. The van der Waals surface area contributed by atoms with Crippen LogP contribution >= 0.6 is 0 Å². The Kier molecular flexibility index (Phi) is 3.48. The number of hydrogen-bond donors (Lipinski definition) is 1. The molecule has 21 heavy (non-hydrogen) atoms. The second-order valence-electron chi connectivity index (χ2n) is 5.20. The van der Waals surface area contributed by atoms with Gasteiger partial charge in [0.2, 0.25) is 5.72 Å². The Morgan fingerprint density at radius 3 is 2.24 bits per heavy atom. The zero-order chi connectivity index (χ0) is 14.7. The van der Waals surface area contributed by atoms with Crippen molar-refractivity contribution in [2.45, 2.75) is 19.1 Å². The van der Waals surface area contributed by atoms with Gasteiger partial charge in [-0.1, -0.05) is 60.7 Å². The smallest absolute Gasteiger partial charge is 0.250 e. The Balaban J connectivity index is 2.03. The van der Waals surface area contributed by atoms with Crippen molar-refractivity contribution in [3.05, 3.63) is 83.6 Å². The van der Waals surface area contributed by atoms with Crippen molar-refractivity contribution in [2.75, 3.05) is 0 Å². The van der Waals surface area contributed by atoms with E-state index in [4.69, 9.17) is 4.74 Å². The largest absolute Gasteiger partial charge is 0.468 e. The summed E-state index contributed by atoms with van der Waals surface area (Å²) in [5.41, 5.74) is 1.20. The summed E-state index contributed by atoms with van der Waals surface area (Å²) in [4.78, 5) is 12.0. The lowest BCUT2D eigenvalue weighted by Gasteiger charge is -2.38. The van der Waals surface area contributed by atoms with Crippen molar-refractivity contribution in [1.29, 1.82) is 0 Å². The van der Waals surface area contributed by atoms with Crippen LogP contribution in [0.3, 0.4) is 0 Å². The predicted octanol–water partition coefficient (Wildman–Crippen LogP) is 3.13. The second-order valence-corrected chi connectivity index (χ2v) is 5.20. The number of nitrogens with one attached hydrogen (secondary N) is 1. The Labute approximate surface area is 124 Å². The standard InChI is InChI=1S/C18H17NO2/c1-14-12-17(20)19-18(21-14,16-10-6-3-7-11-16)13-15-8-4-2-5-9-15/h2-12H,13H2,1H3,(H,19,20). The lowest BCUT2D eigenvalue weighted by Crippen LogP contribution is -2.51. The summed E-state index contributed by atoms with van der Waals surface area (Å²) in [5, 5.41) is 2.99. The van der Waals surface area contributed by atoms with Gasteiger partial charge in [0.15, 0.2) is 0 Å². The molecule has 0 radical (unpaired) electrons. The minimum Gasteiger partial charge on any atom is -0.468 e. The van der Waals surface area contributed by atoms with Crippen molar-refractivity contribution < 1.29 is 9.53 Å². The van der Waals surface area contributed by atoms with Crippen molar-refractivity contribution in [1.82, 2.24) is 5.32 Å². The molecule has 106 valence electrons. The highest BCUT2D eigenvalue weighted by molar-refractivity contribution is 5.89. The summed E-state index contributed by atoms with van der Waals surface area (Å²) in [6, 6.07) is 19.8. The molecular formula is C18H17NO2. The highest BCUT2D eigenvalue weighted by Crippen LogP contribution is 2.32. The van der Waals surface area contributed by atoms with Crippen LogP contribution in [-0.4, -0.2) is 5.91 Å². The molecular weight excluding hydrogens is 262 g/mol. The average Bonchev–Trinajstić information content (AvgIpc) is 2.48. The highest BCUT2D eigenvalue weighted by Gasteiger charge is 2.38. The molecule has 0 aliphatic carbocycles. The van der Waals surface area contributed by atoms with Crippen LogP contribution in [0.4, 0.5) is 0 Å². The fourth-order valence-corrected chi connectivity index (χ4v) is 2.65. The average molecular weight is 279 g/mol. The lowest BCUT2D eigenvalue weighted by molar-refractivity contribution is -0.131. The maximum Gasteiger partial charge on any atom is 0.250 e. The zero-order valence-electron chi connectivity index (χ0n) is 11.9. The molecule has 3 heteroatoms. The summed E-state index contributed by atoms with van der Waals surface area (Å²) in [7, 11) is 0. The fourth-order valence-electron chi connectivity index (χ4n) is 2.65. The molecule has 1 heterocycles. The molecule has 1 amide bonds. The van der Waals surface area contributed by atoms with E-state index in [1.165, 1.54) is 6.08 Å². The molecule has 0 bridgehead atoms. The number of rotatable bonds is 3. The first-order valence-corrected chi connectivity index (χ1v) is 6.97. The molecule has 0 fully saturated rings. The molecule has 1 aliphatic heterocycles. The van der Waals surface area contributed by atoms with Gasteiger partial charge in [0.1, 0.15) is 5.76 Å². The molecule has 3 rings (SSSR count). The van der Waals surface area contributed by atoms with Gasteiger partial charge in [0.25, 0.3) is 5.91 Å². The Morgan fingerprint density at radius 1 is 1.00 bits per heavy atom. The minimum atomic E-state index is -0.849. The van der Waals surface area contributed by atoms with E-state index in [2.05, 4.69) is 5.32 Å². The van der Waals surface area contributed by atoms with E-state index in [0.717, 1.165) is 11.1 Å². The molecule has 2 aromatic rings. The van der Waals surface area contributed by atoms with E-state index in [1.807, 2.05) is 60.7 Å². The number of benzene rings is 2. The maximum atomic E-state index is 12.0. The number of carbonyl (C=O) groups is 1. The summed E-state index contributed by atoms with van der Waals surface area (Å²) in [5.74, 6) is 0.497. The molecule has 0 spiro atoms. The van der Waals surface area contributed by atoms with Crippen molar-refractivity contribution in [3.8, 4) is 0 Å². The van der Waals surface area contributed by atoms with Crippen LogP contribution in [0.25, 0.3) is 0 Å². The van der Waals surface area contributed by atoms with Crippen LogP contribution < -0.4 is 5.32 Å². The van der Waals surface area contributed by atoms with E-state index in [-0.39, 0.29) is 5.91 Å². The topological polar surface area (TPSA) is 38.3 Å². The van der Waals surface area contributed by atoms with Crippen molar-refractivity contribution in [3.63, 3.8) is 0 Å². The third-order valence-electron chi connectivity index (χ3n) is 3.53. The van der Waals surface area contributed by atoms with E-state index in [0.29, 0.717) is 12.2 Å². The molecule has 3 nitrogen and oxygen atoms in total. The summed E-state index contributed by atoms with van der Waals surface area (Å²) in [6.45, 7) is 1.81. The first-order valence-electron chi connectivity index (χ1n) is 6.97. The number of allylic oxidation sites excluding steroid dienone is 1. The second kappa shape index (κ2) is 5.44. The van der Waals surface area contributed by atoms with Gasteiger partial charge in [-0.2, -0.15) is 0 Å². The Bertz CT molecular complexity index is 664. The molecule has 0 saturated carbocycles. The van der Waals surface area contributed by atoms with E-state index in [9.17, 15) is 4.79 Å². The first-order chi connectivity index (χ1) is 10.2. The summed E-state index contributed by atoms with van der Waals surface area (Å²) in [6.07, 6.45) is 2.06. The normalized spacial score (nSPS) is 21.2. The van der Waals surface area contributed by atoms with Gasteiger partial charge in [0, 0.05) is 18.1 Å². The van der Waals surface area contributed by atoms with E-state index < -0.39 is 5.72 Å². The van der Waals surface area contributed by atoms with Gasteiger partial charge in [0.05, 0.1) is 0 Å². The van der Waals surface area contributed by atoms with Gasteiger partial charge in [-0.05, 0) is 12.5 Å². The minimum absolute atomic E-state index is 0.126. The van der Waals surface area contributed by atoms with Crippen molar-refractivity contribution in [2.24, 2.45) is 0 Å². The molecule has 1 N–H and O–H groups in total. The molecule has 1 aliphatic rings. The highest BCUT2D eigenvalue weighted by atomic mass is 16.5. The van der Waals surface area contributed by atoms with Gasteiger partial charge in [-0.25, -0.2) is 0 Å². The van der Waals surface area contributed by atoms with Gasteiger partial charge in [-0.15, -0.1) is 0 Å². The SMILES string of the molecule is CC1=CC(=O)NC(Cc2ccccc2)(c2ccccc2)O1. The zero-order valence-corrected chi connectivity index (χ0v) is 11.9. The number of ether oxygens (including phenoxy) is 1. The fraction of sp³-hybridized carbons (Fsp3) is 0.167. The number of hydrogen-bond acceptors (Lipinski definition) is 2. The Hall–Kier alpha value is -2.55. The van der Waals surface area contributed by atoms with Crippen LogP contribution in [0.15, 0.2) is 72.5 Å². The molecule has 1 atom stereocenters. The number of carbonyl (C=O) groups excluding carboxylic acids is 1. The first kappa shape index (κ1) is 13.4. The summed E-state index contributed by atoms with van der Waals surface area (Å²) < 4.78 is 6.06. The van der Waals surface area contributed by atoms with Gasteiger partial charge < -0.3 is 10.1 Å². The number of amides is 1. The molecule has 0 saturated heterocycles. The van der Waals surface area contributed by atoms with Gasteiger partial charge >= 0.3 is 0 Å². The van der Waals surface area contributed by atoms with Crippen molar-refractivity contribution >= 4 is 5.91 Å². The van der Waals surface area contributed by atoms with Gasteiger partial charge in [-0.3, -0.25) is 4.79 Å². The molecule has 2 aromatic carbocycles. The maximum absolute atomic E-state index is 12.0. The summed E-state index contributed by atoms with van der Waals surface area (Å²) >= 11 is 0. The quantitative estimate of drug-likeness (QED) is 0.937. The lowest BCUT2D eigenvalue weighted by atomic mass is 9.93. The van der Waals surface area contributed by atoms with Crippen LogP contribution in [0.2, 0.25) is 0 Å². The monoisotopic (exact) mass is 279 g/mol. The van der Waals surface area contributed by atoms with Crippen LogP contribution in [0, 0.1) is 0 Å². The van der Waals surface area contributed by atoms with Crippen LogP contribution in [0.1, 0.15) is 18.1 Å². The third kappa shape index (κ3) is 2.82. The molecule has 0 aromatic heterocycles.